The van der Waals surface area contributed by atoms with Gasteiger partial charge in [0, 0.05) is 19.6 Å². The zero-order chi connectivity index (χ0) is 15.2. The van der Waals surface area contributed by atoms with E-state index in [4.69, 9.17) is 0 Å². The molecule has 0 spiro atoms. The van der Waals surface area contributed by atoms with Crippen molar-refractivity contribution >= 4 is 45.6 Å². The Kier molecular flexibility index (Phi) is 8.64. The van der Waals surface area contributed by atoms with Gasteiger partial charge in [0.2, 0.25) is 10.0 Å². The summed E-state index contributed by atoms with van der Waals surface area (Å²) in [5.74, 6) is 0.675. The molecule has 3 N–H and O–H groups in total. The van der Waals surface area contributed by atoms with Crippen molar-refractivity contribution < 1.29 is 8.42 Å². The van der Waals surface area contributed by atoms with Crippen molar-refractivity contribution in [2.45, 2.75) is 26.4 Å². The van der Waals surface area contributed by atoms with E-state index in [0.717, 1.165) is 11.8 Å². The molecule has 1 aromatic rings. The van der Waals surface area contributed by atoms with E-state index in [1.54, 1.807) is 19.2 Å². The molecule has 0 bridgehead atoms. The summed E-state index contributed by atoms with van der Waals surface area (Å²) in [5.41, 5.74) is 1.42. The number of rotatable bonds is 5. The highest BCUT2D eigenvalue weighted by Gasteiger charge is 2.07. The van der Waals surface area contributed by atoms with E-state index in [9.17, 15) is 8.42 Å². The lowest BCUT2D eigenvalue weighted by Crippen LogP contribution is -2.40. The minimum atomic E-state index is -3.29. The molecule has 0 heterocycles. The normalized spacial score (nSPS) is 11.8. The number of nitrogens with zero attached hydrogens (tertiary/aromatic N) is 1. The average Bonchev–Trinajstić information content (AvgIpc) is 2.33. The fourth-order valence-electron chi connectivity index (χ4n) is 1.62. The van der Waals surface area contributed by atoms with Gasteiger partial charge in [-0.1, -0.05) is 18.2 Å². The number of anilines is 1. The molecule has 8 heteroatoms. The molecule has 0 aliphatic rings. The summed E-state index contributed by atoms with van der Waals surface area (Å²) in [6.45, 7) is 4.52. The number of halogens is 1. The van der Waals surface area contributed by atoms with Crippen molar-refractivity contribution in [2.24, 2.45) is 4.99 Å². The highest BCUT2D eigenvalue weighted by molar-refractivity contribution is 14.0. The molecule has 0 fully saturated rings. The van der Waals surface area contributed by atoms with Crippen LogP contribution in [0.3, 0.4) is 0 Å². The van der Waals surface area contributed by atoms with Gasteiger partial charge in [-0.15, -0.1) is 24.0 Å². The summed E-state index contributed by atoms with van der Waals surface area (Å²) in [7, 11) is -1.59. The molecule has 0 saturated carbocycles. The molecule has 21 heavy (non-hydrogen) atoms. The summed E-state index contributed by atoms with van der Waals surface area (Å²) in [6.07, 6.45) is 1.14. The topological polar surface area (TPSA) is 82.6 Å². The Morgan fingerprint density at radius 1 is 1.29 bits per heavy atom. The molecular formula is C13H23IN4O2S. The maximum Gasteiger partial charge on any atom is 0.229 e. The van der Waals surface area contributed by atoms with Gasteiger partial charge in [0.25, 0.3) is 0 Å². The molecule has 0 saturated heterocycles. The van der Waals surface area contributed by atoms with Crippen LogP contribution in [-0.2, 0) is 16.6 Å². The first-order valence-electron chi connectivity index (χ1n) is 6.34. The monoisotopic (exact) mass is 426 g/mol. The first-order valence-corrected chi connectivity index (χ1v) is 8.24. The van der Waals surface area contributed by atoms with Crippen molar-refractivity contribution in [2.75, 3.05) is 18.0 Å². The Balaban J connectivity index is 0.00000400. The maximum absolute atomic E-state index is 11.3. The number of guanidine groups is 1. The zero-order valence-electron chi connectivity index (χ0n) is 12.7. The molecule has 0 amide bonds. The van der Waals surface area contributed by atoms with Crippen molar-refractivity contribution in [1.82, 2.24) is 10.6 Å². The van der Waals surface area contributed by atoms with Gasteiger partial charge in [0.05, 0.1) is 11.9 Å². The predicted octanol–water partition coefficient (Wildman–Crippen LogP) is 1.75. The SMILES string of the molecule is CN=C(NCc1ccccc1NS(C)(=O)=O)NC(C)C.I. The molecule has 0 aliphatic heterocycles. The minimum Gasteiger partial charge on any atom is -0.354 e. The molecule has 0 aliphatic carbocycles. The van der Waals surface area contributed by atoms with Gasteiger partial charge in [-0.3, -0.25) is 9.71 Å². The van der Waals surface area contributed by atoms with Crippen LogP contribution < -0.4 is 15.4 Å². The fourth-order valence-corrected chi connectivity index (χ4v) is 2.22. The summed E-state index contributed by atoms with van der Waals surface area (Å²) in [4.78, 5) is 4.10. The van der Waals surface area contributed by atoms with E-state index < -0.39 is 10.0 Å². The molecule has 1 rings (SSSR count). The third-order valence-corrected chi connectivity index (χ3v) is 3.00. The highest BCUT2D eigenvalue weighted by atomic mass is 127. The van der Waals surface area contributed by atoms with Crippen molar-refractivity contribution in [3.05, 3.63) is 29.8 Å². The molecule has 6 nitrogen and oxygen atoms in total. The largest absolute Gasteiger partial charge is 0.354 e. The Morgan fingerprint density at radius 3 is 2.43 bits per heavy atom. The quantitative estimate of drug-likeness (QED) is 0.381. The number of benzene rings is 1. The molecule has 0 radical (unpaired) electrons. The summed E-state index contributed by atoms with van der Waals surface area (Å²) in [5, 5.41) is 6.31. The molecule has 1 aromatic carbocycles. The van der Waals surface area contributed by atoms with Crippen LogP contribution in [0.4, 0.5) is 5.69 Å². The second-order valence-corrected chi connectivity index (χ2v) is 6.50. The van der Waals surface area contributed by atoms with Crippen LogP contribution in [0.2, 0.25) is 0 Å². The molecule has 0 unspecified atom stereocenters. The van der Waals surface area contributed by atoms with Gasteiger partial charge in [0.1, 0.15) is 0 Å². The maximum atomic E-state index is 11.3. The highest BCUT2D eigenvalue weighted by Crippen LogP contribution is 2.15. The van der Waals surface area contributed by atoms with Gasteiger partial charge in [-0.2, -0.15) is 0 Å². The standard InChI is InChI=1S/C13H22N4O2S.HI/c1-10(2)16-13(14-3)15-9-11-7-5-6-8-12(11)17-20(4,18)19;/h5-8,10,17H,9H2,1-4H3,(H2,14,15,16);1H. The van der Waals surface area contributed by atoms with Crippen molar-refractivity contribution in [3.63, 3.8) is 0 Å². The molecular weight excluding hydrogens is 403 g/mol. The van der Waals surface area contributed by atoms with Crippen LogP contribution in [0.25, 0.3) is 0 Å². The van der Waals surface area contributed by atoms with E-state index >= 15 is 0 Å². The number of hydrogen-bond acceptors (Lipinski definition) is 3. The molecule has 0 aromatic heterocycles. The van der Waals surface area contributed by atoms with Crippen LogP contribution >= 0.6 is 24.0 Å². The van der Waals surface area contributed by atoms with Gasteiger partial charge in [-0.25, -0.2) is 8.42 Å². The van der Waals surface area contributed by atoms with Crippen LogP contribution in [0.5, 0.6) is 0 Å². The van der Waals surface area contributed by atoms with E-state index in [-0.39, 0.29) is 30.0 Å². The smallest absolute Gasteiger partial charge is 0.229 e. The third kappa shape index (κ3) is 8.10. The first-order chi connectivity index (χ1) is 9.31. The van der Waals surface area contributed by atoms with Gasteiger partial charge in [-0.05, 0) is 25.5 Å². The lowest BCUT2D eigenvalue weighted by molar-refractivity contribution is 0.606. The molecule has 0 atom stereocenters. The van der Waals surface area contributed by atoms with Crippen molar-refractivity contribution in [3.8, 4) is 0 Å². The Morgan fingerprint density at radius 2 is 1.90 bits per heavy atom. The van der Waals surface area contributed by atoms with E-state index in [2.05, 4.69) is 20.3 Å². The number of para-hydroxylation sites is 1. The van der Waals surface area contributed by atoms with Crippen LogP contribution in [0.1, 0.15) is 19.4 Å². The first kappa shape index (κ1) is 20.0. The number of hydrogen-bond donors (Lipinski definition) is 3. The molecule has 120 valence electrons. The van der Waals surface area contributed by atoms with Crippen molar-refractivity contribution in [1.29, 1.82) is 0 Å². The van der Waals surface area contributed by atoms with Crippen LogP contribution in [-0.4, -0.2) is 33.7 Å². The predicted molar refractivity (Wildman–Crippen MR) is 98.8 cm³/mol. The Hall–Kier alpha value is -1.03. The summed E-state index contributed by atoms with van der Waals surface area (Å²) in [6, 6.07) is 7.52. The number of nitrogens with one attached hydrogen (secondary N) is 3. The van der Waals surface area contributed by atoms with Gasteiger partial charge < -0.3 is 10.6 Å². The lowest BCUT2D eigenvalue weighted by Gasteiger charge is -2.16. The van der Waals surface area contributed by atoms with Gasteiger partial charge in [0.15, 0.2) is 5.96 Å². The van der Waals surface area contributed by atoms with E-state index in [0.29, 0.717) is 18.2 Å². The van der Waals surface area contributed by atoms with E-state index in [1.165, 1.54) is 0 Å². The number of sulfonamides is 1. The lowest BCUT2D eigenvalue weighted by atomic mass is 10.2. The average molecular weight is 426 g/mol. The second kappa shape index (κ2) is 9.08. The number of aliphatic imine (C=N–C) groups is 1. The fraction of sp³-hybridized carbons (Fsp3) is 0.462. The van der Waals surface area contributed by atoms with Gasteiger partial charge >= 0.3 is 0 Å². The van der Waals surface area contributed by atoms with E-state index in [1.807, 2.05) is 26.0 Å². The van der Waals surface area contributed by atoms with Crippen LogP contribution in [0.15, 0.2) is 29.3 Å². The third-order valence-electron chi connectivity index (χ3n) is 2.41. The Labute approximate surface area is 143 Å². The Bertz CT molecular complexity index is 573. The second-order valence-electron chi connectivity index (χ2n) is 4.76. The van der Waals surface area contributed by atoms with Crippen LogP contribution in [0, 0.1) is 0 Å². The summed E-state index contributed by atoms with van der Waals surface area (Å²) < 4.78 is 25.2. The summed E-state index contributed by atoms with van der Waals surface area (Å²) >= 11 is 0. The minimum absolute atomic E-state index is 0. The zero-order valence-corrected chi connectivity index (χ0v) is 15.8.